The predicted octanol–water partition coefficient (Wildman–Crippen LogP) is 4.33. The number of halogens is 1. The molecule has 0 aliphatic heterocycles. The van der Waals surface area contributed by atoms with Gasteiger partial charge < -0.3 is 9.88 Å². The molecule has 1 amide bonds. The van der Waals surface area contributed by atoms with Crippen LogP contribution in [-0.4, -0.2) is 28.9 Å². The van der Waals surface area contributed by atoms with Crippen LogP contribution in [0.5, 0.6) is 0 Å². The Morgan fingerprint density at radius 2 is 1.96 bits per heavy atom. The summed E-state index contributed by atoms with van der Waals surface area (Å²) in [6.07, 6.45) is 3.87. The van der Waals surface area contributed by atoms with E-state index in [2.05, 4.69) is 11.9 Å². The fourth-order valence-electron chi connectivity index (χ4n) is 3.14. The van der Waals surface area contributed by atoms with E-state index in [1.807, 2.05) is 41.4 Å². The van der Waals surface area contributed by atoms with E-state index in [0.717, 1.165) is 35.0 Å². The van der Waals surface area contributed by atoms with Crippen molar-refractivity contribution in [2.75, 3.05) is 13.1 Å². The van der Waals surface area contributed by atoms with E-state index in [1.54, 1.807) is 6.07 Å². The molecule has 1 N–H and O–H groups in total. The lowest BCUT2D eigenvalue weighted by Crippen LogP contribution is -2.34. The maximum absolute atomic E-state index is 13.3. The standard InChI is InChI=1S/C21H23FN2O/c1-2-11-24(12-10-16-6-5-7-18(22)13-16)21(25)14-17-15-23-20-9-4-3-8-19(17)20/h3-9,13,15,23H,2,10-12,14H2,1H3. The van der Waals surface area contributed by atoms with E-state index in [1.165, 1.54) is 12.1 Å². The number of hydrogen-bond acceptors (Lipinski definition) is 1. The molecule has 0 radical (unpaired) electrons. The molecule has 0 saturated heterocycles. The van der Waals surface area contributed by atoms with E-state index >= 15 is 0 Å². The average molecular weight is 338 g/mol. The van der Waals surface area contributed by atoms with Crippen LogP contribution in [0, 0.1) is 5.82 Å². The Morgan fingerprint density at radius 3 is 2.76 bits per heavy atom. The van der Waals surface area contributed by atoms with Crippen molar-refractivity contribution < 1.29 is 9.18 Å². The number of carbonyl (C=O) groups excluding carboxylic acids is 1. The van der Waals surface area contributed by atoms with Gasteiger partial charge in [0.1, 0.15) is 5.82 Å². The second-order valence-electron chi connectivity index (χ2n) is 6.30. The van der Waals surface area contributed by atoms with Crippen LogP contribution >= 0.6 is 0 Å². The zero-order valence-electron chi connectivity index (χ0n) is 14.5. The summed E-state index contributed by atoms with van der Waals surface area (Å²) in [5, 5.41) is 1.09. The van der Waals surface area contributed by atoms with Gasteiger partial charge in [0.05, 0.1) is 6.42 Å². The minimum Gasteiger partial charge on any atom is -0.361 e. The predicted molar refractivity (Wildman–Crippen MR) is 99.0 cm³/mol. The largest absolute Gasteiger partial charge is 0.361 e. The van der Waals surface area contributed by atoms with E-state index in [4.69, 9.17) is 0 Å². The van der Waals surface area contributed by atoms with Crippen LogP contribution in [0.25, 0.3) is 10.9 Å². The molecule has 1 heterocycles. The van der Waals surface area contributed by atoms with Gasteiger partial charge in [-0.25, -0.2) is 4.39 Å². The van der Waals surface area contributed by atoms with E-state index in [9.17, 15) is 9.18 Å². The van der Waals surface area contributed by atoms with Crippen molar-refractivity contribution in [1.82, 2.24) is 9.88 Å². The molecule has 4 heteroatoms. The number of carbonyl (C=O) groups is 1. The maximum Gasteiger partial charge on any atom is 0.227 e. The van der Waals surface area contributed by atoms with Crippen molar-refractivity contribution >= 4 is 16.8 Å². The van der Waals surface area contributed by atoms with Crippen molar-refractivity contribution in [3.63, 3.8) is 0 Å². The first-order chi connectivity index (χ1) is 12.2. The Morgan fingerprint density at radius 1 is 1.12 bits per heavy atom. The Kier molecular flexibility index (Phi) is 5.49. The quantitative estimate of drug-likeness (QED) is 0.684. The highest BCUT2D eigenvalue weighted by Gasteiger charge is 2.15. The molecule has 0 fully saturated rings. The average Bonchev–Trinajstić information content (AvgIpc) is 3.02. The Labute approximate surface area is 147 Å². The summed E-state index contributed by atoms with van der Waals surface area (Å²) in [6, 6.07) is 14.6. The molecule has 3 aromatic rings. The van der Waals surface area contributed by atoms with Crippen molar-refractivity contribution in [2.24, 2.45) is 0 Å². The Balaban J connectivity index is 1.68. The van der Waals surface area contributed by atoms with Gasteiger partial charge in [-0.15, -0.1) is 0 Å². The summed E-state index contributed by atoms with van der Waals surface area (Å²) < 4.78 is 13.3. The lowest BCUT2D eigenvalue weighted by Gasteiger charge is -2.22. The third-order valence-electron chi connectivity index (χ3n) is 4.42. The summed E-state index contributed by atoms with van der Waals surface area (Å²) in [5.41, 5.74) is 2.99. The van der Waals surface area contributed by atoms with Gasteiger partial charge >= 0.3 is 0 Å². The first-order valence-corrected chi connectivity index (χ1v) is 8.74. The number of fused-ring (bicyclic) bond motifs is 1. The van der Waals surface area contributed by atoms with Gasteiger partial charge in [-0.1, -0.05) is 37.3 Å². The van der Waals surface area contributed by atoms with Crippen molar-refractivity contribution in [3.05, 3.63) is 71.7 Å². The number of nitrogens with zero attached hydrogens (tertiary/aromatic N) is 1. The molecule has 0 bridgehead atoms. The number of H-pyrrole nitrogens is 1. The number of hydrogen-bond donors (Lipinski definition) is 1. The summed E-state index contributed by atoms with van der Waals surface area (Å²) in [7, 11) is 0. The number of amides is 1. The Hall–Kier alpha value is -2.62. The summed E-state index contributed by atoms with van der Waals surface area (Å²) in [6.45, 7) is 3.39. The molecule has 2 aromatic carbocycles. The third-order valence-corrected chi connectivity index (χ3v) is 4.42. The second-order valence-corrected chi connectivity index (χ2v) is 6.30. The molecule has 0 saturated carbocycles. The minimum atomic E-state index is -0.232. The van der Waals surface area contributed by atoms with Crippen molar-refractivity contribution in [2.45, 2.75) is 26.2 Å². The third kappa shape index (κ3) is 4.27. The van der Waals surface area contributed by atoms with Gasteiger partial charge in [0.2, 0.25) is 5.91 Å². The van der Waals surface area contributed by atoms with E-state index in [0.29, 0.717) is 19.4 Å². The molecule has 25 heavy (non-hydrogen) atoms. The lowest BCUT2D eigenvalue weighted by molar-refractivity contribution is -0.130. The first-order valence-electron chi connectivity index (χ1n) is 8.74. The highest BCUT2D eigenvalue weighted by Crippen LogP contribution is 2.19. The molecule has 3 rings (SSSR count). The first kappa shape index (κ1) is 17.2. The van der Waals surface area contributed by atoms with Gasteiger partial charge in [0.15, 0.2) is 0 Å². The van der Waals surface area contributed by atoms with Gasteiger partial charge in [0.25, 0.3) is 0 Å². The molecule has 130 valence electrons. The molecular formula is C21H23FN2O. The van der Waals surface area contributed by atoms with E-state index < -0.39 is 0 Å². The summed E-state index contributed by atoms with van der Waals surface area (Å²) in [4.78, 5) is 17.9. The number of rotatable bonds is 7. The smallest absolute Gasteiger partial charge is 0.227 e. The van der Waals surface area contributed by atoms with E-state index in [-0.39, 0.29) is 11.7 Å². The number of aromatic nitrogens is 1. The van der Waals surface area contributed by atoms with Crippen molar-refractivity contribution in [1.29, 1.82) is 0 Å². The van der Waals surface area contributed by atoms with Crippen LogP contribution in [0.4, 0.5) is 4.39 Å². The highest BCUT2D eigenvalue weighted by atomic mass is 19.1. The molecule has 0 unspecified atom stereocenters. The SMILES string of the molecule is CCCN(CCc1cccc(F)c1)C(=O)Cc1c[nH]c2ccccc12. The maximum atomic E-state index is 13.3. The topological polar surface area (TPSA) is 36.1 Å². The number of para-hydroxylation sites is 1. The minimum absolute atomic E-state index is 0.114. The van der Waals surface area contributed by atoms with Crippen LogP contribution in [0.15, 0.2) is 54.7 Å². The molecule has 0 aliphatic carbocycles. The monoisotopic (exact) mass is 338 g/mol. The summed E-state index contributed by atoms with van der Waals surface area (Å²) in [5.74, 6) is -0.118. The second kappa shape index (κ2) is 7.97. The zero-order chi connectivity index (χ0) is 17.6. The van der Waals surface area contributed by atoms with Gasteiger partial charge in [-0.2, -0.15) is 0 Å². The Bertz CT molecular complexity index is 856. The fourth-order valence-corrected chi connectivity index (χ4v) is 3.14. The molecule has 1 aromatic heterocycles. The van der Waals surface area contributed by atoms with Crippen molar-refractivity contribution in [3.8, 4) is 0 Å². The number of aromatic amines is 1. The molecule has 3 nitrogen and oxygen atoms in total. The molecular weight excluding hydrogens is 315 g/mol. The van der Waals surface area contributed by atoms with Crippen LogP contribution < -0.4 is 0 Å². The molecule has 0 aliphatic rings. The number of benzene rings is 2. The fraction of sp³-hybridized carbons (Fsp3) is 0.286. The van der Waals surface area contributed by atoms with Gasteiger partial charge in [-0.05, 0) is 42.2 Å². The molecule has 0 spiro atoms. The van der Waals surface area contributed by atoms with Crippen LogP contribution in [0.3, 0.4) is 0 Å². The molecule has 0 atom stereocenters. The zero-order valence-corrected chi connectivity index (χ0v) is 14.5. The van der Waals surface area contributed by atoms with Crippen LogP contribution in [-0.2, 0) is 17.6 Å². The number of nitrogens with one attached hydrogen (secondary N) is 1. The summed E-state index contributed by atoms with van der Waals surface area (Å²) >= 11 is 0. The highest BCUT2D eigenvalue weighted by molar-refractivity contribution is 5.88. The lowest BCUT2D eigenvalue weighted by atomic mass is 10.1. The van der Waals surface area contributed by atoms with Crippen LogP contribution in [0.1, 0.15) is 24.5 Å². The normalized spacial score (nSPS) is 11.0. The van der Waals surface area contributed by atoms with Gasteiger partial charge in [0, 0.05) is 30.2 Å². The van der Waals surface area contributed by atoms with Gasteiger partial charge in [-0.3, -0.25) is 4.79 Å². The van der Waals surface area contributed by atoms with Crippen LogP contribution in [0.2, 0.25) is 0 Å².